The molecule has 0 aliphatic heterocycles. The minimum atomic E-state index is -0.423. The molecule has 2 aromatic carbocycles. The second kappa shape index (κ2) is 8.84. The third kappa shape index (κ3) is 4.81. The van der Waals surface area contributed by atoms with Gasteiger partial charge in [-0.15, -0.1) is 0 Å². The molecule has 0 saturated carbocycles. The summed E-state index contributed by atoms with van der Waals surface area (Å²) in [7, 11) is 0. The Kier molecular flexibility index (Phi) is 6.54. The number of carbonyl (C=O) groups excluding carboxylic acids is 2. The number of hydrogen-bond donors (Lipinski definition) is 3. The van der Waals surface area contributed by atoms with Gasteiger partial charge in [0.2, 0.25) is 0 Å². The van der Waals surface area contributed by atoms with Crippen molar-refractivity contribution in [1.82, 2.24) is 0 Å². The van der Waals surface area contributed by atoms with E-state index in [4.69, 9.17) is 10.5 Å². The predicted octanol–water partition coefficient (Wildman–Crippen LogP) is 3.01. The van der Waals surface area contributed by atoms with Gasteiger partial charge in [-0.2, -0.15) is 0 Å². The monoisotopic (exact) mass is 341 g/mol. The van der Waals surface area contributed by atoms with Crippen molar-refractivity contribution < 1.29 is 14.3 Å². The normalized spacial score (nSPS) is 10.2. The van der Waals surface area contributed by atoms with Crippen LogP contribution in [0.2, 0.25) is 0 Å². The van der Waals surface area contributed by atoms with Crippen LogP contribution in [-0.4, -0.2) is 25.0 Å². The molecule has 6 nitrogen and oxygen atoms in total. The summed E-state index contributed by atoms with van der Waals surface area (Å²) < 4.78 is 5.01. The highest BCUT2D eigenvalue weighted by atomic mass is 16.5. The van der Waals surface area contributed by atoms with Crippen LogP contribution in [0.4, 0.5) is 11.4 Å². The number of rotatable bonds is 7. The zero-order valence-electron chi connectivity index (χ0n) is 14.5. The van der Waals surface area contributed by atoms with E-state index in [-0.39, 0.29) is 5.91 Å². The maximum atomic E-state index is 12.5. The van der Waals surface area contributed by atoms with Gasteiger partial charge < -0.3 is 21.1 Å². The quantitative estimate of drug-likeness (QED) is 0.673. The van der Waals surface area contributed by atoms with Crippen molar-refractivity contribution >= 4 is 23.3 Å². The minimum absolute atomic E-state index is 0.260. The number of amides is 1. The summed E-state index contributed by atoms with van der Waals surface area (Å²) in [6.45, 7) is 5.11. The molecule has 0 aromatic heterocycles. The first kappa shape index (κ1) is 18.5. The van der Waals surface area contributed by atoms with Crippen molar-refractivity contribution in [1.29, 1.82) is 0 Å². The lowest BCUT2D eigenvalue weighted by Crippen LogP contribution is -2.15. The second-order valence-corrected chi connectivity index (χ2v) is 5.37. The Hall–Kier alpha value is -2.86. The molecule has 4 N–H and O–H groups in total. The van der Waals surface area contributed by atoms with E-state index >= 15 is 0 Å². The van der Waals surface area contributed by atoms with E-state index in [1.165, 1.54) is 0 Å². The molecule has 1 amide bonds. The van der Waals surface area contributed by atoms with Gasteiger partial charge in [0, 0.05) is 18.7 Å². The van der Waals surface area contributed by atoms with Gasteiger partial charge in [-0.25, -0.2) is 4.79 Å². The Morgan fingerprint density at radius 3 is 2.28 bits per heavy atom. The number of nitrogens with one attached hydrogen (secondary N) is 2. The van der Waals surface area contributed by atoms with Crippen LogP contribution in [0.25, 0.3) is 0 Å². The summed E-state index contributed by atoms with van der Waals surface area (Å²) in [5, 5.41) is 6.01. The number of ether oxygens (including phenoxy) is 1. The number of nitrogens with two attached hydrogens (primary N) is 1. The van der Waals surface area contributed by atoms with Gasteiger partial charge in [0.1, 0.15) is 0 Å². The number of benzene rings is 2. The van der Waals surface area contributed by atoms with Crippen molar-refractivity contribution in [3.8, 4) is 0 Å². The molecular formula is C19H23N3O3. The van der Waals surface area contributed by atoms with Crippen LogP contribution in [0, 0.1) is 0 Å². The molecule has 0 fully saturated rings. The van der Waals surface area contributed by atoms with E-state index in [2.05, 4.69) is 10.6 Å². The van der Waals surface area contributed by atoms with Gasteiger partial charge in [-0.1, -0.05) is 12.1 Å². The van der Waals surface area contributed by atoms with Gasteiger partial charge in [-0.3, -0.25) is 4.79 Å². The molecule has 0 spiro atoms. The van der Waals surface area contributed by atoms with Crippen LogP contribution < -0.4 is 16.4 Å². The highest BCUT2D eigenvalue weighted by molar-refractivity contribution is 6.06. The van der Waals surface area contributed by atoms with E-state index < -0.39 is 5.97 Å². The van der Waals surface area contributed by atoms with Crippen molar-refractivity contribution in [2.45, 2.75) is 20.4 Å². The molecule has 0 unspecified atom stereocenters. The lowest BCUT2D eigenvalue weighted by molar-refractivity contribution is 0.0526. The lowest BCUT2D eigenvalue weighted by atomic mass is 10.1. The van der Waals surface area contributed by atoms with Gasteiger partial charge in [0.05, 0.1) is 23.5 Å². The van der Waals surface area contributed by atoms with Crippen molar-refractivity contribution in [3.63, 3.8) is 0 Å². The molecule has 0 aliphatic carbocycles. The van der Waals surface area contributed by atoms with Crippen LogP contribution >= 0.6 is 0 Å². The van der Waals surface area contributed by atoms with Crippen LogP contribution in [-0.2, 0) is 11.3 Å². The Morgan fingerprint density at radius 1 is 1.00 bits per heavy atom. The predicted molar refractivity (Wildman–Crippen MR) is 98.8 cm³/mol. The van der Waals surface area contributed by atoms with Crippen LogP contribution in [0.3, 0.4) is 0 Å². The second-order valence-electron chi connectivity index (χ2n) is 5.37. The van der Waals surface area contributed by atoms with Crippen molar-refractivity contribution in [2.75, 3.05) is 23.8 Å². The SMILES string of the molecule is CCNc1ccc(C(=O)OCC)cc1NC(=O)c1ccc(CN)cc1. The highest BCUT2D eigenvalue weighted by Crippen LogP contribution is 2.24. The van der Waals surface area contributed by atoms with Crippen LogP contribution in [0.5, 0.6) is 0 Å². The minimum Gasteiger partial charge on any atom is -0.462 e. The fraction of sp³-hybridized carbons (Fsp3) is 0.263. The molecule has 25 heavy (non-hydrogen) atoms. The fourth-order valence-corrected chi connectivity index (χ4v) is 2.32. The lowest BCUT2D eigenvalue weighted by Gasteiger charge is -2.14. The zero-order chi connectivity index (χ0) is 18.2. The van der Waals surface area contributed by atoms with Crippen LogP contribution in [0.15, 0.2) is 42.5 Å². The van der Waals surface area contributed by atoms with Crippen LogP contribution in [0.1, 0.15) is 40.1 Å². The van der Waals surface area contributed by atoms with Crippen molar-refractivity contribution in [2.24, 2.45) is 5.73 Å². The van der Waals surface area contributed by atoms with Crippen molar-refractivity contribution in [3.05, 3.63) is 59.2 Å². The number of anilines is 2. The maximum absolute atomic E-state index is 12.5. The zero-order valence-corrected chi connectivity index (χ0v) is 14.5. The molecule has 0 radical (unpaired) electrons. The number of esters is 1. The Balaban J connectivity index is 2.26. The average Bonchev–Trinajstić information content (AvgIpc) is 2.63. The summed E-state index contributed by atoms with van der Waals surface area (Å²) in [5.74, 6) is -0.683. The molecule has 0 bridgehead atoms. The molecular weight excluding hydrogens is 318 g/mol. The van der Waals surface area contributed by atoms with E-state index in [9.17, 15) is 9.59 Å². The summed E-state index contributed by atoms with van der Waals surface area (Å²) in [4.78, 5) is 24.4. The standard InChI is InChI=1S/C19H23N3O3/c1-3-21-16-10-9-15(19(24)25-4-2)11-17(16)22-18(23)14-7-5-13(12-20)6-8-14/h5-11,21H,3-4,12,20H2,1-2H3,(H,22,23). The molecule has 2 aromatic rings. The number of hydrogen-bond acceptors (Lipinski definition) is 5. The Labute approximate surface area is 147 Å². The smallest absolute Gasteiger partial charge is 0.338 e. The summed E-state index contributed by atoms with van der Waals surface area (Å²) in [6, 6.07) is 12.1. The molecule has 2 rings (SSSR count). The largest absolute Gasteiger partial charge is 0.462 e. The van der Waals surface area contributed by atoms with Gasteiger partial charge >= 0.3 is 5.97 Å². The van der Waals surface area contributed by atoms with Gasteiger partial charge in [-0.05, 0) is 49.7 Å². The maximum Gasteiger partial charge on any atom is 0.338 e. The fourth-order valence-electron chi connectivity index (χ4n) is 2.32. The van der Waals surface area contributed by atoms with Gasteiger partial charge in [0.25, 0.3) is 5.91 Å². The number of carbonyl (C=O) groups is 2. The average molecular weight is 341 g/mol. The molecule has 132 valence electrons. The Bertz CT molecular complexity index is 742. The molecule has 0 heterocycles. The first-order chi connectivity index (χ1) is 12.1. The van der Waals surface area contributed by atoms with E-state index in [0.717, 1.165) is 11.3 Å². The first-order valence-electron chi connectivity index (χ1n) is 8.24. The molecule has 6 heteroatoms. The van der Waals surface area contributed by atoms with E-state index in [0.29, 0.717) is 36.5 Å². The summed E-state index contributed by atoms with van der Waals surface area (Å²) in [5.41, 5.74) is 8.69. The highest BCUT2D eigenvalue weighted by Gasteiger charge is 2.13. The van der Waals surface area contributed by atoms with Gasteiger partial charge in [0.15, 0.2) is 0 Å². The first-order valence-corrected chi connectivity index (χ1v) is 8.24. The Morgan fingerprint density at radius 2 is 1.68 bits per heavy atom. The van der Waals surface area contributed by atoms with E-state index in [1.54, 1.807) is 37.3 Å². The third-order valence-electron chi connectivity index (χ3n) is 3.60. The van der Waals surface area contributed by atoms with E-state index in [1.807, 2.05) is 19.1 Å². The summed E-state index contributed by atoms with van der Waals surface area (Å²) >= 11 is 0. The molecule has 0 atom stereocenters. The molecule has 0 saturated heterocycles. The molecule has 0 aliphatic rings. The topological polar surface area (TPSA) is 93.5 Å². The summed E-state index contributed by atoms with van der Waals surface area (Å²) in [6.07, 6.45) is 0. The third-order valence-corrected chi connectivity index (χ3v) is 3.60.